The van der Waals surface area contributed by atoms with Crippen LogP contribution in [0.3, 0.4) is 0 Å². The number of carbonyl (C=O) groups excluding carboxylic acids is 1. The van der Waals surface area contributed by atoms with E-state index < -0.39 is 47.0 Å². The monoisotopic (exact) mass is 499 g/mol. The zero-order valence-corrected chi connectivity index (χ0v) is 18.8. The summed E-state index contributed by atoms with van der Waals surface area (Å²) in [7, 11) is 0. The maximum absolute atomic E-state index is 14.1. The molecule has 0 unspecified atom stereocenters. The number of benzene rings is 3. The number of halogens is 5. The van der Waals surface area contributed by atoms with Gasteiger partial charge in [0.05, 0.1) is 23.5 Å². The number of nitrogens with one attached hydrogen (secondary N) is 1. The normalized spacial score (nSPS) is 10.9. The molecule has 1 heterocycles. The van der Waals surface area contributed by atoms with Crippen LogP contribution in [-0.2, 0) is 17.6 Å². The number of carbonyl (C=O) groups is 1. The van der Waals surface area contributed by atoms with Crippen molar-refractivity contribution in [2.45, 2.75) is 19.8 Å². The van der Waals surface area contributed by atoms with Crippen molar-refractivity contribution in [1.82, 2.24) is 9.97 Å². The molecular formula is C26H18F5N3O2. The van der Waals surface area contributed by atoms with Gasteiger partial charge in [-0.3, -0.25) is 4.79 Å². The van der Waals surface area contributed by atoms with Crippen molar-refractivity contribution in [2.24, 2.45) is 0 Å². The Bertz CT molecular complexity index is 1420. The largest absolute Gasteiger partial charge is 0.508 e. The zero-order valence-electron chi connectivity index (χ0n) is 18.8. The van der Waals surface area contributed by atoms with Gasteiger partial charge in [0.2, 0.25) is 11.7 Å². The van der Waals surface area contributed by atoms with Crippen LogP contribution in [0.25, 0.3) is 11.3 Å². The molecular weight excluding hydrogens is 481 g/mol. The van der Waals surface area contributed by atoms with Crippen molar-refractivity contribution >= 4 is 11.7 Å². The van der Waals surface area contributed by atoms with E-state index in [9.17, 15) is 31.9 Å². The number of hydrogen-bond donors (Lipinski definition) is 2. The van der Waals surface area contributed by atoms with Crippen molar-refractivity contribution in [3.05, 3.63) is 106 Å². The minimum Gasteiger partial charge on any atom is -0.508 e. The molecule has 2 N–H and O–H groups in total. The molecule has 0 bridgehead atoms. The Morgan fingerprint density at radius 3 is 2.03 bits per heavy atom. The highest BCUT2D eigenvalue weighted by Crippen LogP contribution is 2.27. The molecule has 0 fully saturated rings. The number of aryl methyl sites for hydroxylation is 1. The van der Waals surface area contributed by atoms with Crippen molar-refractivity contribution in [1.29, 1.82) is 0 Å². The molecule has 0 radical (unpaired) electrons. The number of nitrogens with zero attached hydrogens (tertiary/aromatic N) is 2. The Morgan fingerprint density at radius 1 is 0.833 bits per heavy atom. The highest BCUT2D eigenvalue weighted by Gasteiger charge is 2.27. The van der Waals surface area contributed by atoms with Crippen LogP contribution in [0.1, 0.15) is 22.5 Å². The van der Waals surface area contributed by atoms with Gasteiger partial charge in [-0.1, -0.05) is 30.3 Å². The summed E-state index contributed by atoms with van der Waals surface area (Å²) in [6.07, 6.45) is -0.894. The van der Waals surface area contributed by atoms with Crippen molar-refractivity contribution in [2.75, 3.05) is 5.32 Å². The van der Waals surface area contributed by atoms with Gasteiger partial charge in [-0.05, 0) is 36.8 Å². The Labute approximate surface area is 202 Å². The summed E-state index contributed by atoms with van der Waals surface area (Å²) in [5, 5.41) is 12.0. The summed E-state index contributed by atoms with van der Waals surface area (Å²) < 4.78 is 68.5. The SMILES string of the molecule is Cc1nc(NC(=O)Cc2c(F)c(F)c(F)c(F)c2F)c(Cc2ccccc2)nc1-c1ccc(O)cc1. The summed E-state index contributed by atoms with van der Waals surface area (Å²) in [4.78, 5) is 21.6. The lowest BCUT2D eigenvalue weighted by Crippen LogP contribution is -2.21. The zero-order chi connectivity index (χ0) is 26.0. The predicted molar refractivity (Wildman–Crippen MR) is 122 cm³/mol. The highest BCUT2D eigenvalue weighted by atomic mass is 19.2. The number of aromatic hydroxyl groups is 1. The Kier molecular flexibility index (Phi) is 6.96. The van der Waals surface area contributed by atoms with Crippen LogP contribution in [0, 0.1) is 36.0 Å². The van der Waals surface area contributed by atoms with E-state index in [0.717, 1.165) is 5.56 Å². The number of rotatable bonds is 6. The fourth-order valence-corrected chi connectivity index (χ4v) is 3.60. The number of hydrogen-bond acceptors (Lipinski definition) is 4. The lowest BCUT2D eigenvalue weighted by Gasteiger charge is -2.15. The molecule has 0 aliphatic rings. The van der Waals surface area contributed by atoms with Crippen LogP contribution in [0.4, 0.5) is 27.8 Å². The maximum atomic E-state index is 14.1. The van der Waals surface area contributed by atoms with E-state index in [2.05, 4.69) is 15.3 Å². The van der Waals surface area contributed by atoms with Gasteiger partial charge in [0.25, 0.3) is 0 Å². The summed E-state index contributed by atoms with van der Waals surface area (Å²) >= 11 is 0. The third kappa shape index (κ3) is 5.02. The molecule has 10 heteroatoms. The van der Waals surface area contributed by atoms with E-state index in [0.29, 0.717) is 22.6 Å². The smallest absolute Gasteiger partial charge is 0.230 e. The number of phenols is 1. The van der Waals surface area contributed by atoms with E-state index in [1.807, 2.05) is 18.2 Å². The Morgan fingerprint density at radius 2 is 1.42 bits per heavy atom. The van der Waals surface area contributed by atoms with Gasteiger partial charge >= 0.3 is 0 Å². The van der Waals surface area contributed by atoms with Gasteiger partial charge in [0.1, 0.15) is 5.75 Å². The molecule has 184 valence electrons. The lowest BCUT2D eigenvalue weighted by molar-refractivity contribution is -0.115. The van der Waals surface area contributed by atoms with Gasteiger partial charge in [-0.15, -0.1) is 0 Å². The molecule has 4 rings (SSSR count). The van der Waals surface area contributed by atoms with Gasteiger partial charge < -0.3 is 10.4 Å². The van der Waals surface area contributed by atoms with Crippen molar-refractivity contribution < 1.29 is 31.9 Å². The third-order valence-electron chi connectivity index (χ3n) is 5.39. The standard InChI is InChI=1S/C26H18F5N3O2/c1-13-25(15-7-9-16(35)10-8-15)33-18(11-14-5-3-2-4-6-14)26(32-13)34-19(36)12-17-20(27)22(29)24(31)23(30)21(17)28/h2-10,35H,11-12H2,1H3,(H,32,34,36). The first-order valence-corrected chi connectivity index (χ1v) is 10.7. The fourth-order valence-electron chi connectivity index (χ4n) is 3.60. The Balaban J connectivity index is 1.70. The number of phenolic OH excluding ortho intramolecular Hbond substituents is 1. The first kappa shape index (κ1) is 24.8. The molecule has 0 aliphatic carbocycles. The summed E-state index contributed by atoms with van der Waals surface area (Å²) in [6.45, 7) is 1.63. The first-order chi connectivity index (χ1) is 17.2. The van der Waals surface area contributed by atoms with Gasteiger partial charge in [0, 0.05) is 17.5 Å². The molecule has 1 amide bonds. The predicted octanol–water partition coefficient (Wildman–Crippen LogP) is 5.63. The molecule has 5 nitrogen and oxygen atoms in total. The minimum absolute atomic E-state index is 0.0206. The van der Waals surface area contributed by atoms with Gasteiger partial charge in [0.15, 0.2) is 29.1 Å². The van der Waals surface area contributed by atoms with E-state index in [4.69, 9.17) is 0 Å². The van der Waals surface area contributed by atoms with Crippen LogP contribution >= 0.6 is 0 Å². The van der Waals surface area contributed by atoms with Crippen LogP contribution in [-0.4, -0.2) is 21.0 Å². The molecule has 0 saturated heterocycles. The average Bonchev–Trinajstić information content (AvgIpc) is 2.87. The number of aromatic nitrogens is 2. The summed E-state index contributed by atoms with van der Waals surface area (Å²) in [5.41, 5.74) is 1.39. The molecule has 0 atom stereocenters. The number of anilines is 1. The third-order valence-corrected chi connectivity index (χ3v) is 5.39. The maximum Gasteiger partial charge on any atom is 0.230 e. The number of amides is 1. The van der Waals surface area contributed by atoms with E-state index in [1.54, 1.807) is 31.2 Å². The van der Waals surface area contributed by atoms with Crippen LogP contribution in [0.5, 0.6) is 5.75 Å². The topological polar surface area (TPSA) is 75.1 Å². The van der Waals surface area contributed by atoms with E-state index in [-0.39, 0.29) is 18.0 Å². The van der Waals surface area contributed by atoms with E-state index in [1.165, 1.54) is 12.1 Å². The van der Waals surface area contributed by atoms with Crippen molar-refractivity contribution in [3.8, 4) is 17.0 Å². The van der Waals surface area contributed by atoms with Crippen LogP contribution in [0.2, 0.25) is 0 Å². The molecule has 0 saturated carbocycles. The second-order valence-electron chi connectivity index (χ2n) is 7.94. The molecule has 0 aliphatic heterocycles. The van der Waals surface area contributed by atoms with Crippen LogP contribution < -0.4 is 5.32 Å². The molecule has 3 aromatic carbocycles. The molecule has 36 heavy (non-hydrogen) atoms. The minimum atomic E-state index is -2.30. The van der Waals surface area contributed by atoms with Crippen LogP contribution in [0.15, 0.2) is 54.6 Å². The molecule has 4 aromatic rings. The van der Waals surface area contributed by atoms with Gasteiger partial charge in [-0.2, -0.15) is 0 Å². The van der Waals surface area contributed by atoms with Gasteiger partial charge in [-0.25, -0.2) is 31.9 Å². The lowest BCUT2D eigenvalue weighted by atomic mass is 10.1. The van der Waals surface area contributed by atoms with E-state index >= 15 is 0 Å². The summed E-state index contributed by atoms with van der Waals surface area (Å²) in [5.74, 6) is -11.7. The quantitative estimate of drug-likeness (QED) is 0.205. The fraction of sp³-hybridized carbons (Fsp3) is 0.115. The Hall–Kier alpha value is -4.34. The highest BCUT2D eigenvalue weighted by molar-refractivity contribution is 5.92. The average molecular weight is 499 g/mol. The molecule has 1 aromatic heterocycles. The molecule has 0 spiro atoms. The second kappa shape index (κ2) is 10.1. The second-order valence-corrected chi connectivity index (χ2v) is 7.94. The first-order valence-electron chi connectivity index (χ1n) is 10.7. The summed E-state index contributed by atoms with van der Waals surface area (Å²) in [6, 6.07) is 15.3. The van der Waals surface area contributed by atoms with Crippen molar-refractivity contribution in [3.63, 3.8) is 0 Å².